The minimum atomic E-state index is 0. The normalized spacial score (nSPS) is 0. The summed E-state index contributed by atoms with van der Waals surface area (Å²) in [5.74, 6) is 0. The SMILES string of the molecule is O.O.O.O.O.O.O.[Sr]. The summed E-state index contributed by atoms with van der Waals surface area (Å²) in [7, 11) is 0. The number of rotatable bonds is 0. The first-order chi connectivity index (χ1) is 0. The van der Waals surface area contributed by atoms with Crippen molar-refractivity contribution in [2.45, 2.75) is 0 Å². The predicted octanol–water partition coefficient (Wildman–Crippen LogP) is -6.15. The molecular weight excluding hydrogens is 200 g/mol. The van der Waals surface area contributed by atoms with Crippen molar-refractivity contribution < 1.29 is 38.3 Å². The van der Waals surface area contributed by atoms with Crippen LogP contribution in [0.5, 0.6) is 0 Å². The van der Waals surface area contributed by atoms with Gasteiger partial charge in [0, 0.05) is 45.5 Å². The van der Waals surface area contributed by atoms with E-state index in [0.29, 0.717) is 0 Å². The molecule has 0 amide bonds. The van der Waals surface area contributed by atoms with E-state index in [1.807, 2.05) is 0 Å². The molecular formula is H14O7Sr. The molecule has 2 radical (unpaired) electrons. The molecule has 0 aliphatic carbocycles. The fraction of sp³-hybridized carbons (Fsp3) is 0. The maximum atomic E-state index is 0. The third kappa shape index (κ3) is 192. The topological polar surface area (TPSA) is 220 Å². The Morgan fingerprint density at radius 2 is 0.250 bits per heavy atom. The maximum Gasteiger partial charge on any atom is 0 e. The van der Waals surface area contributed by atoms with Crippen LogP contribution in [0.3, 0.4) is 0 Å². The van der Waals surface area contributed by atoms with Gasteiger partial charge in [-0.3, -0.25) is 0 Å². The van der Waals surface area contributed by atoms with Gasteiger partial charge in [-0.2, -0.15) is 0 Å². The molecule has 0 aliphatic rings. The van der Waals surface area contributed by atoms with Crippen molar-refractivity contribution >= 4 is 45.5 Å². The number of hydrogen-bond acceptors (Lipinski definition) is 0. The first kappa shape index (κ1) is 429. The van der Waals surface area contributed by atoms with Gasteiger partial charge in [-0.25, -0.2) is 0 Å². The van der Waals surface area contributed by atoms with E-state index in [1.54, 1.807) is 0 Å². The van der Waals surface area contributed by atoms with Crippen LogP contribution < -0.4 is 0 Å². The predicted molar refractivity (Wildman–Crippen MR) is 31.1 cm³/mol. The molecule has 0 bridgehead atoms. The molecule has 0 heterocycles. The van der Waals surface area contributed by atoms with Crippen LogP contribution in [0.4, 0.5) is 0 Å². The number of hydrogen-bond donors (Lipinski definition) is 0. The van der Waals surface area contributed by atoms with Crippen LogP contribution >= 0.6 is 0 Å². The van der Waals surface area contributed by atoms with Crippen LogP contribution in [0, 0.1) is 0 Å². The molecule has 0 atom stereocenters. The third-order valence-corrected chi connectivity index (χ3v) is 0. The van der Waals surface area contributed by atoms with E-state index in [1.165, 1.54) is 0 Å². The van der Waals surface area contributed by atoms with Gasteiger partial charge in [0.1, 0.15) is 0 Å². The molecule has 8 heavy (non-hydrogen) atoms. The van der Waals surface area contributed by atoms with Crippen LogP contribution in [-0.2, 0) is 0 Å². The second-order valence-electron chi connectivity index (χ2n) is 0. The molecule has 0 unspecified atom stereocenters. The molecule has 14 N–H and O–H groups in total. The standard InChI is InChI=1S/7H2O.Sr/h7*1H2;. The van der Waals surface area contributed by atoms with Crippen molar-refractivity contribution in [3.63, 3.8) is 0 Å². The van der Waals surface area contributed by atoms with Crippen molar-refractivity contribution in [3.8, 4) is 0 Å². The van der Waals surface area contributed by atoms with E-state index >= 15 is 0 Å². The summed E-state index contributed by atoms with van der Waals surface area (Å²) < 4.78 is 0. The summed E-state index contributed by atoms with van der Waals surface area (Å²) in [5, 5.41) is 0. The van der Waals surface area contributed by atoms with Crippen molar-refractivity contribution in [2.24, 2.45) is 0 Å². The van der Waals surface area contributed by atoms with Gasteiger partial charge in [0.15, 0.2) is 0 Å². The molecule has 58 valence electrons. The molecule has 0 aromatic heterocycles. The van der Waals surface area contributed by atoms with E-state index < -0.39 is 0 Å². The maximum absolute atomic E-state index is 0. The van der Waals surface area contributed by atoms with Crippen LogP contribution in [-0.4, -0.2) is 83.8 Å². The largest absolute Gasteiger partial charge is 0.412 e. The fourth-order valence-corrected chi connectivity index (χ4v) is 0. The summed E-state index contributed by atoms with van der Waals surface area (Å²) in [6, 6.07) is 0. The van der Waals surface area contributed by atoms with E-state index in [0.717, 1.165) is 0 Å². The van der Waals surface area contributed by atoms with Crippen LogP contribution in [0.25, 0.3) is 0 Å². The van der Waals surface area contributed by atoms with E-state index in [-0.39, 0.29) is 83.8 Å². The van der Waals surface area contributed by atoms with E-state index in [2.05, 4.69) is 0 Å². The van der Waals surface area contributed by atoms with Gasteiger partial charge in [-0.05, 0) is 0 Å². The van der Waals surface area contributed by atoms with Gasteiger partial charge in [0.05, 0.1) is 0 Å². The molecule has 0 aromatic rings. The summed E-state index contributed by atoms with van der Waals surface area (Å²) in [5.41, 5.74) is 0. The van der Waals surface area contributed by atoms with Crippen molar-refractivity contribution in [1.29, 1.82) is 0 Å². The van der Waals surface area contributed by atoms with Gasteiger partial charge < -0.3 is 38.3 Å². The smallest absolute Gasteiger partial charge is 0 e. The van der Waals surface area contributed by atoms with Crippen molar-refractivity contribution in [3.05, 3.63) is 0 Å². The Hall–Kier alpha value is 1.20. The zero-order valence-corrected chi connectivity index (χ0v) is 7.68. The summed E-state index contributed by atoms with van der Waals surface area (Å²) >= 11 is 0. The molecule has 0 spiro atoms. The molecule has 0 rings (SSSR count). The second kappa shape index (κ2) is 295. The molecule has 0 fully saturated rings. The summed E-state index contributed by atoms with van der Waals surface area (Å²) in [6.45, 7) is 0. The van der Waals surface area contributed by atoms with Gasteiger partial charge >= 0.3 is 0 Å². The first-order valence-electron chi connectivity index (χ1n) is 0. The van der Waals surface area contributed by atoms with Crippen LogP contribution in [0.1, 0.15) is 0 Å². The zero-order chi connectivity index (χ0) is 0. The zero-order valence-electron chi connectivity index (χ0n) is 4.21. The third-order valence-electron chi connectivity index (χ3n) is 0. The minimum absolute atomic E-state index is 0. The Balaban J connectivity index is 0. The fourth-order valence-electron chi connectivity index (χ4n) is 0. The molecule has 0 saturated carbocycles. The van der Waals surface area contributed by atoms with Gasteiger partial charge in [0.2, 0.25) is 0 Å². The molecule has 0 aliphatic heterocycles. The Labute approximate surface area is 83.1 Å². The monoisotopic (exact) mass is 214 g/mol. The first-order valence-corrected chi connectivity index (χ1v) is 0. The van der Waals surface area contributed by atoms with Crippen LogP contribution in [0.2, 0.25) is 0 Å². The Morgan fingerprint density at radius 1 is 0.250 bits per heavy atom. The van der Waals surface area contributed by atoms with Crippen molar-refractivity contribution in [1.82, 2.24) is 0 Å². The molecule has 0 saturated heterocycles. The van der Waals surface area contributed by atoms with Crippen molar-refractivity contribution in [2.75, 3.05) is 0 Å². The summed E-state index contributed by atoms with van der Waals surface area (Å²) in [6.07, 6.45) is 0. The van der Waals surface area contributed by atoms with Crippen LogP contribution in [0.15, 0.2) is 0 Å². The van der Waals surface area contributed by atoms with Gasteiger partial charge in [-0.15, -0.1) is 0 Å². The average Bonchev–Trinajstić information content (AvgIpc) is 0. The Kier molecular flexibility index (Phi) is 15800. The Morgan fingerprint density at radius 3 is 0.250 bits per heavy atom. The summed E-state index contributed by atoms with van der Waals surface area (Å²) in [4.78, 5) is 0. The second-order valence-corrected chi connectivity index (χ2v) is 0. The quantitative estimate of drug-likeness (QED) is 0.343. The molecule has 0 aromatic carbocycles. The van der Waals surface area contributed by atoms with Gasteiger partial charge in [-0.1, -0.05) is 0 Å². The van der Waals surface area contributed by atoms with Gasteiger partial charge in [0.25, 0.3) is 0 Å². The van der Waals surface area contributed by atoms with E-state index in [9.17, 15) is 0 Å². The Bertz CT molecular complexity index is 4.35. The molecule has 8 heteroatoms. The minimum Gasteiger partial charge on any atom is -0.412 e. The molecule has 7 nitrogen and oxygen atoms in total. The van der Waals surface area contributed by atoms with E-state index in [4.69, 9.17) is 0 Å². The average molecular weight is 214 g/mol.